The molecule has 1 heterocycles. The van der Waals surface area contributed by atoms with Gasteiger partial charge >= 0.3 is 0 Å². The molecular formula is C14H13NO3S. The first-order chi connectivity index (χ1) is 9.24. The summed E-state index contributed by atoms with van der Waals surface area (Å²) in [6.07, 6.45) is 0.289. The van der Waals surface area contributed by atoms with Crippen LogP contribution in [0.3, 0.4) is 0 Å². The Morgan fingerprint density at radius 1 is 1.32 bits per heavy atom. The van der Waals surface area contributed by atoms with E-state index >= 15 is 0 Å². The molecule has 19 heavy (non-hydrogen) atoms. The minimum atomic E-state index is -0.242. The fourth-order valence-electron chi connectivity index (χ4n) is 1.65. The molecule has 0 amide bonds. The van der Waals surface area contributed by atoms with Crippen molar-refractivity contribution in [2.24, 2.45) is 5.16 Å². The molecule has 1 N–H and O–H groups in total. The number of carbonyl (C=O) groups excluding carboxylic acids is 1. The van der Waals surface area contributed by atoms with Crippen LogP contribution in [0.4, 0.5) is 0 Å². The number of Topliss-reactive ketones (excluding diaryl/α,β-unsaturated/α-hetero) is 1. The van der Waals surface area contributed by atoms with Crippen LogP contribution in [0, 0.1) is 0 Å². The van der Waals surface area contributed by atoms with Crippen LogP contribution in [0.5, 0.6) is 5.75 Å². The van der Waals surface area contributed by atoms with Crippen LogP contribution in [0.15, 0.2) is 46.9 Å². The molecule has 98 valence electrons. The van der Waals surface area contributed by atoms with E-state index in [1.807, 2.05) is 17.5 Å². The third-order valence-electron chi connectivity index (χ3n) is 2.66. The Labute approximate surface area is 115 Å². The van der Waals surface area contributed by atoms with Crippen LogP contribution in [-0.4, -0.2) is 23.8 Å². The Bertz CT molecular complexity index is 573. The number of ether oxygens (including phenoxy) is 1. The third-order valence-corrected chi connectivity index (χ3v) is 3.53. The zero-order valence-electron chi connectivity index (χ0n) is 10.4. The number of benzene rings is 1. The van der Waals surface area contributed by atoms with Crippen molar-refractivity contribution in [2.75, 3.05) is 7.11 Å². The molecule has 0 atom stereocenters. The van der Waals surface area contributed by atoms with Crippen molar-refractivity contribution in [1.82, 2.24) is 0 Å². The normalized spacial score (nSPS) is 11.3. The first-order valence-corrected chi connectivity index (χ1v) is 6.54. The van der Waals surface area contributed by atoms with Gasteiger partial charge in [0.05, 0.1) is 12.0 Å². The standard InChI is InChI=1S/C14H13NO3S/c1-18-11-6-4-10(5-7-11)9-12(15-17)14(16)13-3-2-8-19-13/h2-8,17H,9H2,1H3/b15-12+. The lowest BCUT2D eigenvalue weighted by molar-refractivity contribution is 0.106. The number of hydrogen-bond acceptors (Lipinski definition) is 5. The summed E-state index contributed by atoms with van der Waals surface area (Å²) < 4.78 is 5.06. The first-order valence-electron chi connectivity index (χ1n) is 5.66. The van der Waals surface area contributed by atoms with Crippen molar-refractivity contribution >= 4 is 22.8 Å². The van der Waals surface area contributed by atoms with Gasteiger partial charge in [0.25, 0.3) is 0 Å². The van der Waals surface area contributed by atoms with Gasteiger partial charge in [-0.3, -0.25) is 4.79 Å². The highest BCUT2D eigenvalue weighted by Gasteiger charge is 2.16. The van der Waals surface area contributed by atoms with Crippen molar-refractivity contribution in [3.63, 3.8) is 0 Å². The Morgan fingerprint density at radius 2 is 2.05 bits per heavy atom. The summed E-state index contributed by atoms with van der Waals surface area (Å²) in [5.41, 5.74) is 1.02. The average molecular weight is 275 g/mol. The largest absolute Gasteiger partial charge is 0.497 e. The smallest absolute Gasteiger partial charge is 0.220 e. The maximum Gasteiger partial charge on any atom is 0.220 e. The van der Waals surface area contributed by atoms with Crippen molar-refractivity contribution in [3.8, 4) is 5.75 Å². The Hall–Kier alpha value is -2.14. The highest BCUT2D eigenvalue weighted by Crippen LogP contribution is 2.15. The molecule has 0 saturated heterocycles. The summed E-state index contributed by atoms with van der Waals surface area (Å²) in [5, 5.41) is 13.9. The monoisotopic (exact) mass is 275 g/mol. The maximum atomic E-state index is 12.1. The van der Waals surface area contributed by atoms with Crippen LogP contribution < -0.4 is 4.74 Å². The number of nitrogens with zero attached hydrogens (tertiary/aromatic N) is 1. The van der Waals surface area contributed by atoms with Gasteiger partial charge in [-0.15, -0.1) is 11.3 Å². The summed E-state index contributed by atoms with van der Waals surface area (Å²) in [6, 6.07) is 10.8. The highest BCUT2D eigenvalue weighted by molar-refractivity contribution is 7.13. The van der Waals surface area contributed by atoms with Gasteiger partial charge in [0.15, 0.2) is 0 Å². The van der Waals surface area contributed by atoms with Gasteiger partial charge in [-0.2, -0.15) is 0 Å². The van der Waals surface area contributed by atoms with Gasteiger partial charge in [-0.25, -0.2) is 0 Å². The molecular weight excluding hydrogens is 262 g/mol. The van der Waals surface area contributed by atoms with E-state index in [4.69, 9.17) is 9.94 Å². The SMILES string of the molecule is COc1ccc(C/C(=N\O)C(=O)c2cccs2)cc1. The number of oxime groups is 1. The fourth-order valence-corrected chi connectivity index (χ4v) is 2.33. The first kappa shape index (κ1) is 13.3. The zero-order valence-corrected chi connectivity index (χ0v) is 11.2. The zero-order chi connectivity index (χ0) is 13.7. The molecule has 0 fully saturated rings. The molecule has 0 radical (unpaired) electrons. The molecule has 5 heteroatoms. The van der Waals surface area contributed by atoms with Gasteiger partial charge in [0.1, 0.15) is 11.5 Å². The number of carbonyl (C=O) groups is 1. The second-order valence-corrected chi connectivity index (χ2v) is 4.83. The minimum Gasteiger partial charge on any atom is -0.497 e. The maximum absolute atomic E-state index is 12.1. The van der Waals surface area contributed by atoms with Gasteiger partial charge in [0, 0.05) is 6.42 Å². The van der Waals surface area contributed by atoms with Crippen LogP contribution in [-0.2, 0) is 6.42 Å². The van der Waals surface area contributed by atoms with Gasteiger partial charge < -0.3 is 9.94 Å². The van der Waals surface area contributed by atoms with Crippen LogP contribution in [0.2, 0.25) is 0 Å². The number of methoxy groups -OCH3 is 1. The number of ketones is 1. The number of hydrogen-bond donors (Lipinski definition) is 1. The van der Waals surface area contributed by atoms with E-state index < -0.39 is 0 Å². The second kappa shape index (κ2) is 6.15. The lowest BCUT2D eigenvalue weighted by Gasteiger charge is -2.04. The Kier molecular flexibility index (Phi) is 4.30. The van der Waals surface area contributed by atoms with E-state index in [1.165, 1.54) is 11.3 Å². The van der Waals surface area contributed by atoms with Crippen molar-refractivity contribution in [2.45, 2.75) is 6.42 Å². The Morgan fingerprint density at radius 3 is 2.58 bits per heavy atom. The van der Waals surface area contributed by atoms with E-state index in [0.717, 1.165) is 11.3 Å². The fraction of sp³-hybridized carbons (Fsp3) is 0.143. The molecule has 2 aromatic rings. The van der Waals surface area contributed by atoms with Gasteiger partial charge in [-0.1, -0.05) is 23.4 Å². The lowest BCUT2D eigenvalue weighted by atomic mass is 10.0. The van der Waals surface area contributed by atoms with Crippen LogP contribution in [0.1, 0.15) is 15.2 Å². The quantitative estimate of drug-likeness (QED) is 0.395. The molecule has 0 unspecified atom stereocenters. The molecule has 2 rings (SSSR count). The lowest BCUT2D eigenvalue weighted by Crippen LogP contribution is -2.16. The average Bonchev–Trinajstić information content (AvgIpc) is 2.99. The molecule has 0 saturated carbocycles. The molecule has 4 nitrogen and oxygen atoms in total. The molecule has 0 aliphatic heterocycles. The summed E-state index contributed by atoms with van der Waals surface area (Å²) in [7, 11) is 1.59. The van der Waals surface area contributed by atoms with Crippen molar-refractivity contribution < 1.29 is 14.7 Å². The minimum absolute atomic E-state index is 0.132. The van der Waals surface area contributed by atoms with Crippen LogP contribution >= 0.6 is 11.3 Å². The molecule has 0 bridgehead atoms. The van der Waals surface area contributed by atoms with Crippen molar-refractivity contribution in [3.05, 3.63) is 52.2 Å². The molecule has 0 aliphatic carbocycles. The number of thiophene rings is 1. The van der Waals surface area contributed by atoms with Gasteiger partial charge in [-0.05, 0) is 29.1 Å². The third kappa shape index (κ3) is 3.20. The number of rotatable bonds is 5. The molecule has 0 spiro atoms. The molecule has 0 aliphatic rings. The van der Waals surface area contributed by atoms with E-state index in [0.29, 0.717) is 4.88 Å². The molecule has 1 aromatic carbocycles. The second-order valence-electron chi connectivity index (χ2n) is 3.88. The summed E-state index contributed by atoms with van der Waals surface area (Å²) in [6.45, 7) is 0. The predicted octanol–water partition coefficient (Wildman–Crippen LogP) is 3.01. The van der Waals surface area contributed by atoms with E-state index in [2.05, 4.69) is 5.16 Å². The van der Waals surface area contributed by atoms with E-state index in [9.17, 15) is 4.79 Å². The Balaban J connectivity index is 2.13. The summed E-state index contributed by atoms with van der Waals surface area (Å²) in [4.78, 5) is 12.6. The molecule has 1 aromatic heterocycles. The summed E-state index contributed by atoms with van der Waals surface area (Å²) >= 11 is 1.33. The topological polar surface area (TPSA) is 58.9 Å². The van der Waals surface area contributed by atoms with E-state index in [1.54, 1.807) is 31.4 Å². The highest BCUT2D eigenvalue weighted by atomic mass is 32.1. The van der Waals surface area contributed by atoms with Crippen LogP contribution in [0.25, 0.3) is 0 Å². The summed E-state index contributed by atoms with van der Waals surface area (Å²) in [5.74, 6) is 0.504. The predicted molar refractivity (Wildman–Crippen MR) is 74.6 cm³/mol. The van der Waals surface area contributed by atoms with Gasteiger partial charge in [0.2, 0.25) is 5.78 Å². The van der Waals surface area contributed by atoms with E-state index in [-0.39, 0.29) is 17.9 Å². The van der Waals surface area contributed by atoms with Crippen molar-refractivity contribution in [1.29, 1.82) is 0 Å².